The van der Waals surface area contributed by atoms with Gasteiger partial charge in [0.15, 0.2) is 11.2 Å². The summed E-state index contributed by atoms with van der Waals surface area (Å²) in [5, 5.41) is 8.77. The zero-order valence-corrected chi connectivity index (χ0v) is 7.91. The van der Waals surface area contributed by atoms with Crippen LogP contribution in [0.2, 0.25) is 0 Å². The van der Waals surface area contributed by atoms with Crippen LogP contribution in [0.4, 0.5) is 0 Å². The number of aliphatic hydroxyl groups excluding tert-OH is 1. The van der Waals surface area contributed by atoms with Crippen LogP contribution in [0.3, 0.4) is 0 Å². The van der Waals surface area contributed by atoms with E-state index in [0.717, 1.165) is 11.8 Å². The van der Waals surface area contributed by atoms with Crippen LogP contribution in [0.15, 0.2) is 0 Å². The van der Waals surface area contributed by atoms with E-state index in [-0.39, 0.29) is 10.9 Å². The van der Waals surface area contributed by atoms with Gasteiger partial charge in [0.2, 0.25) is 0 Å². The summed E-state index contributed by atoms with van der Waals surface area (Å²) in [5.74, 6) is -0.702. The van der Waals surface area contributed by atoms with Crippen molar-refractivity contribution in [2.24, 2.45) is 0 Å². The number of rotatable bonds is 3. The summed E-state index contributed by atoms with van der Waals surface area (Å²) in [5.41, 5.74) is 0. The number of carbonyl (C=O) groups is 2. The number of thioether (sulfide) groups is 1. The fourth-order valence-corrected chi connectivity index (χ4v) is 1.03. The van der Waals surface area contributed by atoms with Gasteiger partial charge in [-0.25, -0.2) is 4.79 Å². The van der Waals surface area contributed by atoms with Crippen LogP contribution in [-0.4, -0.2) is 28.0 Å². The summed E-state index contributed by atoms with van der Waals surface area (Å²) in [7, 11) is 1.73. The van der Waals surface area contributed by atoms with Crippen LogP contribution < -0.4 is 0 Å². The van der Waals surface area contributed by atoms with E-state index >= 15 is 0 Å². The second kappa shape index (κ2) is 5.52. The SMILES string of the molecule is CC(=O)SC[C@H](O)C(=O)OP. The molecule has 64 valence electrons. The standard InChI is InChI=1S/C5H9O4PS/c1-3(6)11-2-4(7)5(8)9-10/h4,7H,2,10H2,1H3/t4-/m0/s1. The first-order chi connectivity index (χ1) is 5.07. The lowest BCUT2D eigenvalue weighted by Gasteiger charge is -2.04. The second-order valence-corrected chi connectivity index (χ2v) is 3.19. The van der Waals surface area contributed by atoms with Crippen molar-refractivity contribution in [3.8, 4) is 0 Å². The molecule has 11 heavy (non-hydrogen) atoms. The van der Waals surface area contributed by atoms with Gasteiger partial charge in [0.05, 0.1) is 9.47 Å². The lowest BCUT2D eigenvalue weighted by atomic mass is 10.4. The Labute approximate surface area is 71.0 Å². The molecule has 0 rings (SSSR count). The highest BCUT2D eigenvalue weighted by atomic mass is 32.2. The summed E-state index contributed by atoms with van der Waals surface area (Å²) in [6.45, 7) is 1.36. The predicted octanol–water partition coefficient (Wildman–Crippen LogP) is -0.0397. The van der Waals surface area contributed by atoms with Crippen LogP contribution in [0, 0.1) is 0 Å². The van der Waals surface area contributed by atoms with Crippen molar-refractivity contribution in [1.82, 2.24) is 0 Å². The van der Waals surface area contributed by atoms with E-state index in [2.05, 4.69) is 4.52 Å². The third-order valence-corrected chi connectivity index (χ3v) is 1.95. The molecule has 0 aliphatic heterocycles. The number of hydrogen-bond donors (Lipinski definition) is 1. The normalized spacial score (nSPS) is 12.3. The Hall–Kier alpha value is -0.120. The van der Waals surface area contributed by atoms with E-state index in [1.807, 2.05) is 0 Å². The molecule has 0 fully saturated rings. The summed E-state index contributed by atoms with van der Waals surface area (Å²) >= 11 is 0.884. The van der Waals surface area contributed by atoms with Crippen molar-refractivity contribution in [2.75, 3.05) is 5.75 Å². The van der Waals surface area contributed by atoms with Crippen LogP contribution in [0.25, 0.3) is 0 Å². The van der Waals surface area contributed by atoms with Crippen molar-refractivity contribution >= 4 is 32.3 Å². The highest BCUT2D eigenvalue weighted by Gasteiger charge is 2.15. The molecule has 1 N–H and O–H groups in total. The van der Waals surface area contributed by atoms with Gasteiger partial charge in [-0.15, -0.1) is 0 Å². The van der Waals surface area contributed by atoms with Gasteiger partial charge in [-0.05, 0) is 0 Å². The van der Waals surface area contributed by atoms with Gasteiger partial charge in [-0.2, -0.15) is 0 Å². The molecule has 0 aliphatic carbocycles. The van der Waals surface area contributed by atoms with E-state index in [1.165, 1.54) is 6.92 Å². The largest absolute Gasteiger partial charge is 0.450 e. The average Bonchev–Trinajstić information content (AvgIpc) is 1.98. The number of aliphatic hydroxyl groups is 1. The van der Waals surface area contributed by atoms with Gasteiger partial charge in [0, 0.05) is 12.7 Å². The van der Waals surface area contributed by atoms with Crippen LogP contribution in [-0.2, 0) is 14.1 Å². The maximum absolute atomic E-state index is 10.5. The number of hydrogen-bond acceptors (Lipinski definition) is 5. The molecule has 0 spiro atoms. The molecule has 0 saturated heterocycles. The van der Waals surface area contributed by atoms with E-state index in [9.17, 15) is 9.59 Å². The van der Waals surface area contributed by atoms with E-state index in [1.54, 1.807) is 9.47 Å². The molecule has 4 nitrogen and oxygen atoms in total. The van der Waals surface area contributed by atoms with Gasteiger partial charge in [0.1, 0.15) is 0 Å². The average molecular weight is 196 g/mol. The van der Waals surface area contributed by atoms with Crippen molar-refractivity contribution in [3.63, 3.8) is 0 Å². The topological polar surface area (TPSA) is 63.6 Å². The minimum Gasteiger partial charge on any atom is -0.450 e. The summed E-state index contributed by atoms with van der Waals surface area (Å²) in [6.07, 6.45) is -1.22. The predicted molar refractivity (Wildman–Crippen MR) is 44.9 cm³/mol. The van der Waals surface area contributed by atoms with E-state index in [0.29, 0.717) is 0 Å². The Morgan fingerprint density at radius 1 is 1.73 bits per heavy atom. The smallest absolute Gasteiger partial charge is 0.337 e. The van der Waals surface area contributed by atoms with Crippen molar-refractivity contribution < 1.29 is 19.2 Å². The molecule has 0 heterocycles. The van der Waals surface area contributed by atoms with Crippen LogP contribution in [0.5, 0.6) is 0 Å². The molecule has 0 radical (unpaired) electrons. The molecule has 0 aliphatic rings. The Bertz CT molecular complexity index is 161. The molecule has 2 atom stereocenters. The zero-order valence-electron chi connectivity index (χ0n) is 5.94. The van der Waals surface area contributed by atoms with E-state index < -0.39 is 12.1 Å². The molecule has 0 aromatic heterocycles. The Morgan fingerprint density at radius 2 is 2.27 bits per heavy atom. The third-order valence-electron chi connectivity index (χ3n) is 0.833. The molecular formula is C5H9O4PS. The number of carbonyl (C=O) groups excluding carboxylic acids is 2. The highest BCUT2D eigenvalue weighted by Crippen LogP contribution is 2.05. The van der Waals surface area contributed by atoms with E-state index in [4.69, 9.17) is 5.11 Å². The zero-order chi connectivity index (χ0) is 8.85. The molecule has 6 heteroatoms. The lowest BCUT2D eigenvalue weighted by Crippen LogP contribution is -2.23. The minimum absolute atomic E-state index is 0.0442. The van der Waals surface area contributed by atoms with Crippen LogP contribution >= 0.6 is 21.2 Å². The Kier molecular flexibility index (Phi) is 5.46. The first kappa shape index (κ1) is 10.9. The fourth-order valence-electron chi connectivity index (χ4n) is 0.343. The molecule has 0 saturated carbocycles. The summed E-state index contributed by atoms with van der Waals surface area (Å²) < 4.78 is 4.15. The van der Waals surface area contributed by atoms with Gasteiger partial charge in [0.25, 0.3) is 0 Å². The van der Waals surface area contributed by atoms with Gasteiger partial charge in [-0.1, -0.05) is 11.8 Å². The minimum atomic E-state index is -1.22. The maximum Gasteiger partial charge on any atom is 0.337 e. The first-order valence-corrected chi connectivity index (χ1v) is 4.25. The fraction of sp³-hybridized carbons (Fsp3) is 0.600. The second-order valence-electron chi connectivity index (χ2n) is 1.76. The molecule has 0 aromatic rings. The van der Waals surface area contributed by atoms with Gasteiger partial charge >= 0.3 is 5.97 Å². The van der Waals surface area contributed by atoms with Crippen molar-refractivity contribution in [1.29, 1.82) is 0 Å². The molecule has 0 bridgehead atoms. The maximum atomic E-state index is 10.5. The van der Waals surface area contributed by atoms with Crippen LogP contribution in [0.1, 0.15) is 6.92 Å². The van der Waals surface area contributed by atoms with Gasteiger partial charge in [-0.3, -0.25) is 4.79 Å². The first-order valence-electron chi connectivity index (χ1n) is 2.80. The summed E-state index contributed by atoms with van der Waals surface area (Å²) in [4.78, 5) is 20.9. The molecular weight excluding hydrogens is 187 g/mol. The Morgan fingerprint density at radius 3 is 2.64 bits per heavy atom. The quantitative estimate of drug-likeness (QED) is 0.641. The third kappa shape index (κ3) is 5.18. The Balaban J connectivity index is 3.60. The van der Waals surface area contributed by atoms with Gasteiger partial charge < -0.3 is 9.63 Å². The summed E-state index contributed by atoms with van der Waals surface area (Å²) in [6, 6.07) is 0. The molecule has 1 unspecified atom stereocenters. The lowest BCUT2D eigenvalue weighted by molar-refractivity contribution is -0.141. The molecule has 0 aromatic carbocycles. The monoisotopic (exact) mass is 196 g/mol. The highest BCUT2D eigenvalue weighted by molar-refractivity contribution is 8.13. The molecule has 0 amide bonds. The van der Waals surface area contributed by atoms with Crippen molar-refractivity contribution in [2.45, 2.75) is 13.0 Å². The van der Waals surface area contributed by atoms with Crippen molar-refractivity contribution in [3.05, 3.63) is 0 Å².